The van der Waals surface area contributed by atoms with Crippen molar-refractivity contribution in [3.8, 4) is 0 Å². The van der Waals surface area contributed by atoms with Gasteiger partial charge in [0.25, 0.3) is 5.91 Å². The van der Waals surface area contributed by atoms with Crippen molar-refractivity contribution < 1.29 is 26.8 Å². The van der Waals surface area contributed by atoms with E-state index in [0.29, 0.717) is 23.0 Å². The van der Waals surface area contributed by atoms with Crippen LogP contribution in [0.3, 0.4) is 0 Å². The van der Waals surface area contributed by atoms with Crippen LogP contribution in [-0.4, -0.2) is 79.4 Å². The Morgan fingerprint density at radius 3 is 2.33 bits per heavy atom. The van der Waals surface area contributed by atoms with Crippen molar-refractivity contribution in [2.75, 3.05) is 55.3 Å². The van der Waals surface area contributed by atoms with Crippen molar-refractivity contribution in [1.29, 1.82) is 0 Å². The quantitative estimate of drug-likeness (QED) is 0.346. The van der Waals surface area contributed by atoms with Crippen LogP contribution >= 0.6 is 0 Å². The lowest BCUT2D eigenvalue weighted by Crippen LogP contribution is -2.45. The second kappa shape index (κ2) is 12.4. The molecule has 1 aromatic heterocycles. The van der Waals surface area contributed by atoms with Crippen molar-refractivity contribution in [3.63, 3.8) is 0 Å². The number of aromatic nitrogens is 2. The number of halogens is 2. The zero-order chi connectivity index (χ0) is 32.8. The van der Waals surface area contributed by atoms with Gasteiger partial charge in [0, 0.05) is 73.6 Å². The molecular weight excluding hydrogens is 616 g/mol. The lowest BCUT2D eigenvalue weighted by Gasteiger charge is -2.36. The summed E-state index contributed by atoms with van der Waals surface area (Å²) in [7, 11) is -2.23. The minimum absolute atomic E-state index is 0.0150. The average Bonchev–Trinajstić information content (AvgIpc) is 3.68. The molecule has 46 heavy (non-hydrogen) atoms. The fourth-order valence-corrected chi connectivity index (χ4v) is 8.24. The summed E-state index contributed by atoms with van der Waals surface area (Å²) in [6, 6.07) is 7.57. The van der Waals surface area contributed by atoms with Gasteiger partial charge < -0.3 is 20.4 Å². The molecule has 0 spiro atoms. The zero-order valence-electron chi connectivity index (χ0n) is 26.2. The first-order chi connectivity index (χ1) is 21.8. The number of likely N-dealkylation sites (N-methyl/N-ethyl adjacent to an activating group) is 1. The summed E-state index contributed by atoms with van der Waals surface area (Å²) in [5, 5.41) is 13.1. The molecule has 11 nitrogen and oxygen atoms in total. The van der Waals surface area contributed by atoms with Gasteiger partial charge in [-0.2, -0.15) is 9.40 Å². The Hall–Kier alpha value is -3.88. The highest BCUT2D eigenvalue weighted by Crippen LogP contribution is 2.38. The van der Waals surface area contributed by atoms with Crippen LogP contribution in [0.1, 0.15) is 61.1 Å². The molecule has 2 amide bonds. The number of aromatic amines is 1. The molecule has 1 aliphatic carbocycles. The fourth-order valence-electron chi connectivity index (χ4n) is 6.62. The molecule has 1 saturated heterocycles. The third-order valence-electron chi connectivity index (χ3n) is 9.26. The highest BCUT2D eigenvalue weighted by molar-refractivity contribution is 7.89. The maximum Gasteiger partial charge on any atom is 0.258 e. The summed E-state index contributed by atoms with van der Waals surface area (Å²) in [6.07, 6.45) is 3.60. The number of nitrogens with zero attached hydrogens (tertiary/aromatic N) is 4. The molecule has 0 bridgehead atoms. The van der Waals surface area contributed by atoms with Crippen LogP contribution in [0, 0.1) is 17.6 Å². The van der Waals surface area contributed by atoms with Crippen LogP contribution in [0.25, 0.3) is 0 Å². The van der Waals surface area contributed by atoms with E-state index in [1.54, 1.807) is 6.07 Å². The van der Waals surface area contributed by atoms with Crippen molar-refractivity contribution in [2.24, 2.45) is 5.92 Å². The molecule has 14 heteroatoms. The molecule has 0 atom stereocenters. The topological polar surface area (TPSA) is 131 Å². The predicted octanol–water partition coefficient (Wildman–Crippen LogP) is 4.30. The first kappa shape index (κ1) is 32.1. The molecule has 0 unspecified atom stereocenters. The molecule has 3 heterocycles. The van der Waals surface area contributed by atoms with Gasteiger partial charge in [-0.1, -0.05) is 26.7 Å². The van der Waals surface area contributed by atoms with E-state index >= 15 is 0 Å². The normalized spacial score (nSPS) is 19.2. The zero-order valence-corrected chi connectivity index (χ0v) is 27.0. The number of anilines is 3. The molecule has 2 aliphatic heterocycles. The van der Waals surface area contributed by atoms with Gasteiger partial charge in [-0.25, -0.2) is 17.2 Å². The van der Waals surface area contributed by atoms with Gasteiger partial charge in [0.15, 0.2) is 5.82 Å². The fraction of sp³-hybridized carbons (Fsp3) is 0.469. The number of piperazine rings is 1. The van der Waals surface area contributed by atoms with Crippen molar-refractivity contribution >= 4 is 39.0 Å². The van der Waals surface area contributed by atoms with Crippen LogP contribution in [-0.2, 0) is 26.8 Å². The molecule has 2 fully saturated rings. The Balaban J connectivity index is 1.29. The van der Waals surface area contributed by atoms with Crippen molar-refractivity contribution in [2.45, 2.75) is 56.4 Å². The summed E-state index contributed by atoms with van der Waals surface area (Å²) in [5.74, 6) is -2.61. The Morgan fingerprint density at radius 2 is 1.65 bits per heavy atom. The standard InChI is InChI=1S/C32H39F2N7O4S/c1-32(2)19-41(46(44,45)24-15-21(33)14-22(34)16-24)18-26-28(32)37-38-29(26)36-31(43)25-9-8-23(40-12-10-39(3)11-13-40)17-27(25)35-30(42)20-6-4-5-7-20/h8-9,14-17,20H,4-7,10-13,18-19H2,1-3H3,(H,35,42)(H2,36,37,38,43). The second-order valence-corrected chi connectivity index (χ2v) is 15.1. The smallest absolute Gasteiger partial charge is 0.258 e. The molecule has 0 radical (unpaired) electrons. The third kappa shape index (κ3) is 6.38. The maximum absolute atomic E-state index is 14.0. The Labute approximate surface area is 267 Å². The Morgan fingerprint density at radius 1 is 0.978 bits per heavy atom. The number of fused-ring (bicyclic) bond motifs is 1. The summed E-state index contributed by atoms with van der Waals surface area (Å²) in [4.78, 5) is 31.0. The minimum Gasteiger partial charge on any atom is -0.369 e. The van der Waals surface area contributed by atoms with Crippen LogP contribution in [0.4, 0.5) is 26.0 Å². The first-order valence-electron chi connectivity index (χ1n) is 15.6. The molecule has 246 valence electrons. The van der Waals surface area contributed by atoms with Crippen LogP contribution in [0.2, 0.25) is 0 Å². The third-order valence-corrected chi connectivity index (χ3v) is 11.0. The maximum atomic E-state index is 14.0. The number of benzene rings is 2. The lowest BCUT2D eigenvalue weighted by molar-refractivity contribution is -0.119. The Kier molecular flexibility index (Phi) is 8.63. The highest BCUT2D eigenvalue weighted by atomic mass is 32.2. The largest absolute Gasteiger partial charge is 0.369 e. The number of carbonyl (C=O) groups excluding carboxylic acids is 2. The number of H-pyrrole nitrogens is 1. The van der Waals surface area contributed by atoms with E-state index < -0.39 is 37.9 Å². The number of sulfonamides is 1. The summed E-state index contributed by atoms with van der Waals surface area (Å²) in [6.45, 7) is 6.89. The first-order valence-corrected chi connectivity index (χ1v) is 17.0. The van der Waals surface area contributed by atoms with Gasteiger partial charge in [0.1, 0.15) is 11.6 Å². The number of carbonyl (C=O) groups is 2. The SMILES string of the molecule is CN1CCN(c2ccc(C(=O)Nc3n[nH]c4c3CN(S(=O)(=O)c3cc(F)cc(F)c3)CC4(C)C)c(NC(=O)C3CCCC3)c2)CC1. The van der Waals surface area contributed by atoms with Crippen molar-refractivity contribution in [3.05, 3.63) is 64.9 Å². The lowest BCUT2D eigenvalue weighted by atomic mass is 9.84. The van der Waals surface area contributed by atoms with Crippen LogP contribution < -0.4 is 15.5 Å². The number of amides is 2. The van der Waals surface area contributed by atoms with Gasteiger partial charge in [0.05, 0.1) is 16.1 Å². The molecule has 6 rings (SSSR count). The van der Waals surface area contributed by atoms with E-state index in [0.717, 1.165) is 74.0 Å². The van der Waals surface area contributed by atoms with Gasteiger partial charge in [-0.3, -0.25) is 14.7 Å². The monoisotopic (exact) mass is 655 g/mol. The number of hydrogen-bond acceptors (Lipinski definition) is 7. The van der Waals surface area contributed by atoms with E-state index in [2.05, 4.69) is 37.7 Å². The van der Waals surface area contributed by atoms with Gasteiger partial charge in [-0.15, -0.1) is 0 Å². The number of rotatable bonds is 7. The summed E-state index contributed by atoms with van der Waals surface area (Å²) >= 11 is 0. The minimum atomic E-state index is -4.30. The molecule has 2 aromatic carbocycles. The predicted molar refractivity (Wildman–Crippen MR) is 170 cm³/mol. The second-order valence-electron chi connectivity index (χ2n) is 13.1. The van der Waals surface area contributed by atoms with Gasteiger partial charge in [0.2, 0.25) is 15.9 Å². The molecule has 3 aromatic rings. The molecular formula is C32H39F2N7O4S. The molecule has 1 saturated carbocycles. The summed E-state index contributed by atoms with van der Waals surface area (Å²) < 4.78 is 56.1. The van der Waals surface area contributed by atoms with E-state index in [-0.39, 0.29) is 36.3 Å². The highest BCUT2D eigenvalue weighted by Gasteiger charge is 2.41. The summed E-state index contributed by atoms with van der Waals surface area (Å²) in [5.41, 5.74) is 1.85. The van der Waals surface area contributed by atoms with Crippen LogP contribution in [0.15, 0.2) is 41.3 Å². The molecule has 3 N–H and O–H groups in total. The van der Waals surface area contributed by atoms with Gasteiger partial charge in [-0.05, 0) is 50.2 Å². The Bertz CT molecular complexity index is 1740. The van der Waals surface area contributed by atoms with Crippen molar-refractivity contribution in [1.82, 2.24) is 19.4 Å². The molecule has 3 aliphatic rings. The average molecular weight is 656 g/mol. The number of nitrogens with one attached hydrogen (secondary N) is 3. The van der Waals surface area contributed by atoms with E-state index in [1.807, 2.05) is 26.0 Å². The van der Waals surface area contributed by atoms with E-state index in [4.69, 9.17) is 0 Å². The van der Waals surface area contributed by atoms with Crippen LogP contribution in [0.5, 0.6) is 0 Å². The van der Waals surface area contributed by atoms with E-state index in [9.17, 15) is 26.8 Å². The number of hydrogen-bond donors (Lipinski definition) is 3. The van der Waals surface area contributed by atoms with Gasteiger partial charge >= 0.3 is 0 Å². The van der Waals surface area contributed by atoms with E-state index in [1.165, 1.54) is 0 Å².